The predicted molar refractivity (Wildman–Crippen MR) is 93.8 cm³/mol. The Morgan fingerprint density at radius 1 is 1.04 bits per heavy atom. The monoisotopic (exact) mass is 348 g/mol. The van der Waals surface area contributed by atoms with Gasteiger partial charge in [-0.2, -0.15) is 0 Å². The van der Waals surface area contributed by atoms with Crippen LogP contribution in [0.1, 0.15) is 72.1 Å². The molecule has 0 spiro atoms. The maximum absolute atomic E-state index is 12.7. The van der Waals surface area contributed by atoms with Gasteiger partial charge in [0, 0.05) is 24.7 Å². The van der Waals surface area contributed by atoms with Crippen LogP contribution in [0.2, 0.25) is 0 Å². The van der Waals surface area contributed by atoms with Crippen molar-refractivity contribution in [2.24, 2.45) is 34.5 Å². The summed E-state index contributed by atoms with van der Waals surface area (Å²) in [7, 11) is 0. The van der Waals surface area contributed by atoms with Crippen LogP contribution in [0.5, 0.6) is 0 Å². The highest BCUT2D eigenvalue weighted by atomic mass is 16.4. The average molecular weight is 348 g/mol. The molecule has 4 nitrogen and oxygen atoms in total. The Hall–Kier alpha value is -0.740. The fourth-order valence-corrected chi connectivity index (χ4v) is 7.60. The van der Waals surface area contributed by atoms with E-state index in [4.69, 9.17) is 0 Å². The van der Waals surface area contributed by atoms with E-state index in [2.05, 4.69) is 6.92 Å². The summed E-state index contributed by atoms with van der Waals surface area (Å²) in [6, 6.07) is 0. The first-order valence-electron chi connectivity index (χ1n) is 10.1. The van der Waals surface area contributed by atoms with Crippen LogP contribution in [-0.4, -0.2) is 33.5 Å². The average Bonchev–Trinajstić information content (AvgIpc) is 2.77. The number of ketones is 2. The number of rotatable bonds is 1. The van der Waals surface area contributed by atoms with Gasteiger partial charge in [0.2, 0.25) is 0 Å². The van der Waals surface area contributed by atoms with E-state index >= 15 is 0 Å². The van der Waals surface area contributed by atoms with Crippen LogP contribution < -0.4 is 0 Å². The van der Waals surface area contributed by atoms with Crippen LogP contribution in [0.25, 0.3) is 0 Å². The second kappa shape index (κ2) is 5.39. The Balaban J connectivity index is 1.68. The van der Waals surface area contributed by atoms with Gasteiger partial charge in [-0.15, -0.1) is 0 Å². The van der Waals surface area contributed by atoms with E-state index in [-0.39, 0.29) is 17.1 Å². The molecule has 4 heteroatoms. The summed E-state index contributed by atoms with van der Waals surface area (Å²) < 4.78 is 0. The smallest absolute Gasteiger partial charge is 0.167 e. The van der Waals surface area contributed by atoms with Gasteiger partial charge in [0.15, 0.2) is 11.4 Å². The van der Waals surface area contributed by atoms with E-state index in [0.29, 0.717) is 36.4 Å². The largest absolute Gasteiger partial charge is 0.390 e. The van der Waals surface area contributed by atoms with Crippen molar-refractivity contribution < 1.29 is 19.8 Å². The molecule has 25 heavy (non-hydrogen) atoms. The summed E-state index contributed by atoms with van der Waals surface area (Å²) in [6.07, 6.45) is 5.72. The van der Waals surface area contributed by atoms with Gasteiger partial charge in [-0.1, -0.05) is 13.8 Å². The zero-order valence-electron chi connectivity index (χ0n) is 15.8. The van der Waals surface area contributed by atoms with Crippen LogP contribution in [-0.2, 0) is 9.59 Å². The number of aliphatic hydroxyl groups excluding tert-OH is 1. The Kier molecular flexibility index (Phi) is 3.81. The summed E-state index contributed by atoms with van der Waals surface area (Å²) in [6.45, 7) is 5.97. The highest BCUT2D eigenvalue weighted by Gasteiger charge is 2.69. The van der Waals surface area contributed by atoms with E-state index in [9.17, 15) is 19.8 Å². The third-order valence-electron chi connectivity index (χ3n) is 9.18. The maximum atomic E-state index is 12.7. The zero-order chi connectivity index (χ0) is 18.2. The van der Waals surface area contributed by atoms with Crippen molar-refractivity contribution in [3.05, 3.63) is 0 Å². The molecule has 0 saturated heterocycles. The van der Waals surface area contributed by atoms with Gasteiger partial charge in [0.1, 0.15) is 5.78 Å². The molecule has 0 aromatic carbocycles. The van der Waals surface area contributed by atoms with Crippen LogP contribution in [0.3, 0.4) is 0 Å². The van der Waals surface area contributed by atoms with Crippen molar-refractivity contribution in [2.75, 3.05) is 0 Å². The summed E-state index contributed by atoms with van der Waals surface area (Å²) in [5.41, 5.74) is -1.91. The molecule has 4 aliphatic rings. The minimum atomic E-state index is -1.59. The van der Waals surface area contributed by atoms with E-state index in [1.54, 1.807) is 6.92 Å². The third kappa shape index (κ3) is 2.07. The Labute approximate surface area is 150 Å². The summed E-state index contributed by atoms with van der Waals surface area (Å²) in [4.78, 5) is 24.7. The standard InChI is InChI=1S/C21H32O4/c1-12(22)21(25)18(24)11-17-15-5-4-13-10-14(23)6-8-19(13,2)16(15)7-9-20(17,21)3/h12-13,15-17,22,25H,4-11H2,1-3H3/t12?,13-,15?,16-,17-,19-,20-,21+/m0/s1. The lowest BCUT2D eigenvalue weighted by Crippen LogP contribution is -2.60. The molecule has 0 aromatic rings. The maximum Gasteiger partial charge on any atom is 0.167 e. The molecular formula is C21H32O4. The van der Waals surface area contributed by atoms with E-state index in [1.807, 2.05) is 6.92 Å². The van der Waals surface area contributed by atoms with Crippen molar-refractivity contribution in [3.8, 4) is 0 Å². The highest BCUT2D eigenvalue weighted by Crippen LogP contribution is 2.67. The molecule has 0 aliphatic heterocycles. The second-order valence-electron chi connectivity index (χ2n) is 9.93. The molecule has 2 N–H and O–H groups in total. The lowest BCUT2D eigenvalue weighted by atomic mass is 9.44. The van der Waals surface area contributed by atoms with Gasteiger partial charge in [-0.25, -0.2) is 0 Å². The second-order valence-corrected chi connectivity index (χ2v) is 9.93. The van der Waals surface area contributed by atoms with Crippen LogP contribution >= 0.6 is 0 Å². The highest BCUT2D eigenvalue weighted by molar-refractivity contribution is 5.91. The summed E-state index contributed by atoms with van der Waals surface area (Å²) in [5, 5.41) is 21.4. The summed E-state index contributed by atoms with van der Waals surface area (Å²) in [5.74, 6) is 1.88. The molecule has 0 radical (unpaired) electrons. The minimum Gasteiger partial charge on any atom is -0.390 e. The van der Waals surface area contributed by atoms with Crippen molar-refractivity contribution in [2.45, 2.75) is 83.8 Å². The van der Waals surface area contributed by atoms with E-state index < -0.39 is 17.1 Å². The number of hydrogen-bond donors (Lipinski definition) is 2. The molecule has 0 amide bonds. The lowest BCUT2D eigenvalue weighted by molar-refractivity contribution is -0.187. The zero-order valence-corrected chi connectivity index (χ0v) is 15.8. The number of fused-ring (bicyclic) bond motifs is 5. The van der Waals surface area contributed by atoms with Gasteiger partial charge >= 0.3 is 0 Å². The van der Waals surface area contributed by atoms with Crippen LogP contribution in [0, 0.1) is 34.5 Å². The summed E-state index contributed by atoms with van der Waals surface area (Å²) >= 11 is 0. The van der Waals surface area contributed by atoms with Crippen LogP contribution in [0.15, 0.2) is 0 Å². The van der Waals surface area contributed by atoms with Gasteiger partial charge < -0.3 is 10.2 Å². The fraction of sp³-hybridized carbons (Fsp3) is 0.905. The van der Waals surface area contributed by atoms with E-state index in [1.165, 1.54) is 0 Å². The van der Waals surface area contributed by atoms with Crippen molar-refractivity contribution >= 4 is 11.6 Å². The van der Waals surface area contributed by atoms with E-state index in [0.717, 1.165) is 38.5 Å². The van der Waals surface area contributed by atoms with Crippen molar-refractivity contribution in [3.63, 3.8) is 0 Å². The molecular weight excluding hydrogens is 316 g/mol. The molecule has 4 rings (SSSR count). The Morgan fingerprint density at radius 3 is 2.44 bits per heavy atom. The normalized spacial score (nSPS) is 53.8. The quantitative estimate of drug-likeness (QED) is 0.764. The first-order chi connectivity index (χ1) is 11.6. The number of aliphatic hydroxyl groups is 2. The van der Waals surface area contributed by atoms with Gasteiger partial charge in [0.05, 0.1) is 6.10 Å². The Morgan fingerprint density at radius 2 is 1.76 bits per heavy atom. The first-order valence-corrected chi connectivity index (χ1v) is 10.1. The van der Waals surface area contributed by atoms with Crippen LogP contribution in [0.4, 0.5) is 0 Å². The molecule has 2 unspecified atom stereocenters. The number of Topliss-reactive ketones (excluding diaryl/α,β-unsaturated/α-hetero) is 2. The van der Waals surface area contributed by atoms with Gasteiger partial charge in [-0.3, -0.25) is 9.59 Å². The Bertz CT molecular complexity index is 613. The predicted octanol–water partition coefficient (Wildman–Crippen LogP) is 2.89. The lowest BCUT2D eigenvalue weighted by Gasteiger charge is -2.60. The molecule has 4 saturated carbocycles. The minimum absolute atomic E-state index is 0.161. The number of carbonyl (C=O) groups excluding carboxylic acids is 2. The molecule has 140 valence electrons. The number of carbonyl (C=O) groups is 2. The number of hydrogen-bond acceptors (Lipinski definition) is 4. The molecule has 0 bridgehead atoms. The van der Waals surface area contributed by atoms with Crippen molar-refractivity contribution in [1.82, 2.24) is 0 Å². The third-order valence-corrected chi connectivity index (χ3v) is 9.18. The molecule has 4 fully saturated rings. The van der Waals surface area contributed by atoms with Crippen molar-refractivity contribution in [1.29, 1.82) is 0 Å². The molecule has 8 atom stereocenters. The van der Waals surface area contributed by atoms with Gasteiger partial charge in [-0.05, 0) is 68.1 Å². The molecule has 0 aromatic heterocycles. The SMILES string of the molecule is CC(O)[C@@]1(O)C(=O)C[C@H]2C3CC[C@H]4CC(=O)CC[C@]4(C)[C@H]3CC[C@@]21C. The molecule has 4 aliphatic carbocycles. The molecule has 0 heterocycles. The first kappa shape index (κ1) is 17.7. The fourth-order valence-electron chi connectivity index (χ4n) is 7.60. The van der Waals surface area contributed by atoms with Gasteiger partial charge in [0.25, 0.3) is 0 Å². The topological polar surface area (TPSA) is 74.6 Å².